The van der Waals surface area contributed by atoms with Gasteiger partial charge in [-0.2, -0.15) is 5.26 Å². The Morgan fingerprint density at radius 1 is 1.12 bits per heavy atom. The maximum absolute atomic E-state index is 12.1. The molecule has 0 atom stereocenters. The summed E-state index contributed by atoms with van der Waals surface area (Å²) in [4.78, 5) is 12.1. The number of nitrogens with one attached hydrogen (secondary N) is 2. The van der Waals surface area contributed by atoms with Gasteiger partial charge in [-0.25, -0.2) is 0 Å². The lowest BCUT2D eigenvalue weighted by Crippen LogP contribution is -2.17. The fourth-order valence-corrected chi connectivity index (χ4v) is 2.05. The second-order valence-corrected chi connectivity index (χ2v) is 5.44. The number of para-hydroxylation sites is 1. The summed E-state index contributed by atoms with van der Waals surface area (Å²) in [5, 5.41) is 14.6. The maximum Gasteiger partial charge on any atom is 0.267 e. The Labute approximate surface area is 151 Å². The molecule has 25 heavy (non-hydrogen) atoms. The zero-order valence-electron chi connectivity index (χ0n) is 13.5. The first kappa shape index (κ1) is 18.4. The van der Waals surface area contributed by atoms with Crippen molar-refractivity contribution in [3.05, 3.63) is 66.4 Å². The molecule has 0 aliphatic carbocycles. The highest BCUT2D eigenvalue weighted by Crippen LogP contribution is 2.22. The molecule has 1 amide bonds. The van der Waals surface area contributed by atoms with Gasteiger partial charge in [0.05, 0.1) is 0 Å². The molecular formula is C19H18ClN3O2. The molecular weight excluding hydrogens is 338 g/mol. The highest BCUT2D eigenvalue weighted by molar-refractivity contribution is 6.17. The van der Waals surface area contributed by atoms with E-state index in [2.05, 4.69) is 10.6 Å². The standard InChI is InChI=1S/C19H18ClN3O2/c20-11-4-12-22-14-15(13-21)19(24)23-16-7-9-18(10-8-16)25-17-5-2-1-3-6-17/h1-3,5-10,14,22H,4,11-12H2,(H,23,24)/b15-14-. The van der Waals surface area contributed by atoms with Crippen LogP contribution in [-0.2, 0) is 4.79 Å². The Balaban J connectivity index is 1.93. The van der Waals surface area contributed by atoms with Crippen molar-refractivity contribution in [3.63, 3.8) is 0 Å². The molecule has 0 fully saturated rings. The number of ether oxygens (including phenoxy) is 1. The van der Waals surface area contributed by atoms with Crippen LogP contribution in [0.15, 0.2) is 66.4 Å². The van der Waals surface area contributed by atoms with E-state index >= 15 is 0 Å². The van der Waals surface area contributed by atoms with Gasteiger partial charge in [-0.15, -0.1) is 11.6 Å². The molecule has 2 aromatic carbocycles. The second-order valence-electron chi connectivity index (χ2n) is 5.06. The van der Waals surface area contributed by atoms with E-state index in [4.69, 9.17) is 21.6 Å². The molecule has 0 saturated carbocycles. The van der Waals surface area contributed by atoms with Gasteiger partial charge in [0, 0.05) is 24.3 Å². The first-order valence-electron chi connectivity index (χ1n) is 7.77. The number of anilines is 1. The molecule has 0 saturated heterocycles. The Bertz CT molecular complexity index is 752. The topological polar surface area (TPSA) is 74.2 Å². The number of hydrogen-bond acceptors (Lipinski definition) is 4. The number of carbonyl (C=O) groups excluding carboxylic acids is 1. The molecule has 6 heteroatoms. The van der Waals surface area contributed by atoms with Crippen LogP contribution in [0.25, 0.3) is 0 Å². The molecule has 0 aromatic heterocycles. The molecule has 0 heterocycles. The number of nitrogens with zero attached hydrogens (tertiary/aromatic N) is 1. The molecule has 0 bridgehead atoms. The van der Waals surface area contributed by atoms with E-state index in [9.17, 15) is 4.79 Å². The minimum Gasteiger partial charge on any atom is -0.457 e. The fraction of sp³-hybridized carbons (Fsp3) is 0.158. The predicted octanol–water partition coefficient (Wildman–Crippen LogP) is 4.04. The predicted molar refractivity (Wildman–Crippen MR) is 98.6 cm³/mol. The largest absolute Gasteiger partial charge is 0.457 e. The van der Waals surface area contributed by atoms with Gasteiger partial charge in [0.1, 0.15) is 23.1 Å². The minimum atomic E-state index is -0.474. The van der Waals surface area contributed by atoms with Crippen LogP contribution >= 0.6 is 11.6 Å². The highest BCUT2D eigenvalue weighted by Gasteiger charge is 2.09. The molecule has 2 N–H and O–H groups in total. The lowest BCUT2D eigenvalue weighted by atomic mass is 10.2. The van der Waals surface area contributed by atoms with Crippen LogP contribution in [0.5, 0.6) is 11.5 Å². The third-order valence-electron chi connectivity index (χ3n) is 3.16. The summed E-state index contributed by atoms with van der Waals surface area (Å²) in [6.45, 7) is 0.605. The molecule has 0 radical (unpaired) electrons. The number of benzene rings is 2. The summed E-state index contributed by atoms with van der Waals surface area (Å²) < 4.78 is 5.69. The average molecular weight is 356 g/mol. The Hall–Kier alpha value is -2.97. The van der Waals surface area contributed by atoms with Crippen LogP contribution in [0.1, 0.15) is 6.42 Å². The number of alkyl halides is 1. The molecule has 0 unspecified atom stereocenters. The first-order valence-corrected chi connectivity index (χ1v) is 8.30. The van der Waals surface area contributed by atoms with E-state index in [0.717, 1.165) is 12.2 Å². The van der Waals surface area contributed by atoms with Crippen LogP contribution in [0.4, 0.5) is 5.69 Å². The number of rotatable bonds is 8. The van der Waals surface area contributed by atoms with Crippen molar-refractivity contribution in [3.8, 4) is 17.6 Å². The average Bonchev–Trinajstić information content (AvgIpc) is 2.64. The normalized spacial score (nSPS) is 10.6. The first-order chi connectivity index (χ1) is 12.2. The second kappa shape index (κ2) is 10.0. The summed E-state index contributed by atoms with van der Waals surface area (Å²) in [7, 11) is 0. The van der Waals surface area contributed by atoms with E-state index in [0.29, 0.717) is 23.9 Å². The van der Waals surface area contributed by atoms with Gasteiger partial charge in [0.25, 0.3) is 5.91 Å². The summed E-state index contributed by atoms with van der Waals surface area (Å²) in [5.74, 6) is 1.43. The van der Waals surface area contributed by atoms with Crippen LogP contribution in [0.3, 0.4) is 0 Å². The number of carbonyl (C=O) groups is 1. The van der Waals surface area contributed by atoms with Gasteiger partial charge in [-0.3, -0.25) is 4.79 Å². The minimum absolute atomic E-state index is 0.000755. The molecule has 128 valence electrons. The van der Waals surface area contributed by atoms with E-state index in [1.807, 2.05) is 36.4 Å². The zero-order chi connectivity index (χ0) is 17.9. The SMILES string of the molecule is N#C/C(=C/NCCCCl)C(=O)Nc1ccc(Oc2ccccc2)cc1. The summed E-state index contributed by atoms with van der Waals surface area (Å²) in [5.41, 5.74) is 0.575. The smallest absolute Gasteiger partial charge is 0.267 e. The number of nitriles is 1. The van der Waals surface area contributed by atoms with E-state index in [1.165, 1.54) is 6.20 Å². The molecule has 2 aromatic rings. The van der Waals surface area contributed by atoms with E-state index in [1.54, 1.807) is 24.3 Å². The van der Waals surface area contributed by atoms with Crippen LogP contribution in [0.2, 0.25) is 0 Å². The highest BCUT2D eigenvalue weighted by atomic mass is 35.5. The van der Waals surface area contributed by atoms with Crippen molar-refractivity contribution in [2.45, 2.75) is 6.42 Å². The van der Waals surface area contributed by atoms with E-state index < -0.39 is 5.91 Å². The molecule has 2 rings (SSSR count). The summed E-state index contributed by atoms with van der Waals surface area (Å²) in [6.07, 6.45) is 2.15. The van der Waals surface area contributed by atoms with E-state index in [-0.39, 0.29) is 5.57 Å². The molecule has 0 aliphatic heterocycles. The van der Waals surface area contributed by atoms with Crippen molar-refractivity contribution in [1.82, 2.24) is 5.32 Å². The van der Waals surface area contributed by atoms with Gasteiger partial charge < -0.3 is 15.4 Å². The lowest BCUT2D eigenvalue weighted by Gasteiger charge is -2.08. The molecule has 0 aliphatic rings. The van der Waals surface area contributed by atoms with Gasteiger partial charge in [-0.1, -0.05) is 18.2 Å². The van der Waals surface area contributed by atoms with Crippen molar-refractivity contribution in [1.29, 1.82) is 5.26 Å². The third-order valence-corrected chi connectivity index (χ3v) is 3.42. The number of amides is 1. The quantitative estimate of drug-likeness (QED) is 0.324. The Kier molecular flexibility index (Phi) is 7.36. The van der Waals surface area contributed by atoms with Gasteiger partial charge in [0.15, 0.2) is 0 Å². The lowest BCUT2D eigenvalue weighted by molar-refractivity contribution is -0.112. The molecule has 5 nitrogen and oxygen atoms in total. The summed E-state index contributed by atoms with van der Waals surface area (Å²) in [6, 6.07) is 18.2. The van der Waals surface area contributed by atoms with Crippen molar-refractivity contribution >= 4 is 23.2 Å². The van der Waals surface area contributed by atoms with Gasteiger partial charge in [-0.05, 0) is 42.8 Å². The van der Waals surface area contributed by atoms with Crippen LogP contribution in [-0.4, -0.2) is 18.3 Å². The maximum atomic E-state index is 12.1. The van der Waals surface area contributed by atoms with Crippen LogP contribution in [0, 0.1) is 11.3 Å². The zero-order valence-corrected chi connectivity index (χ0v) is 14.3. The van der Waals surface area contributed by atoms with Crippen LogP contribution < -0.4 is 15.4 Å². The molecule has 0 spiro atoms. The fourth-order valence-electron chi connectivity index (χ4n) is 1.92. The van der Waals surface area contributed by atoms with Crippen molar-refractivity contribution in [2.75, 3.05) is 17.7 Å². The van der Waals surface area contributed by atoms with Gasteiger partial charge >= 0.3 is 0 Å². The third kappa shape index (κ3) is 6.21. The summed E-state index contributed by atoms with van der Waals surface area (Å²) >= 11 is 5.57. The number of halogens is 1. The van der Waals surface area contributed by atoms with Crippen molar-refractivity contribution < 1.29 is 9.53 Å². The Morgan fingerprint density at radius 2 is 1.80 bits per heavy atom. The Morgan fingerprint density at radius 3 is 2.44 bits per heavy atom. The van der Waals surface area contributed by atoms with Crippen molar-refractivity contribution in [2.24, 2.45) is 0 Å². The monoisotopic (exact) mass is 355 g/mol. The number of hydrogen-bond donors (Lipinski definition) is 2. The van der Waals surface area contributed by atoms with Gasteiger partial charge in [0.2, 0.25) is 0 Å².